The number of aromatic nitrogens is 3. The molecule has 29 heavy (non-hydrogen) atoms. The summed E-state index contributed by atoms with van der Waals surface area (Å²) in [5.41, 5.74) is 4.07. The topological polar surface area (TPSA) is 72.1 Å². The van der Waals surface area contributed by atoms with Crippen LogP contribution in [0.15, 0.2) is 51.1 Å². The molecule has 6 nitrogen and oxygen atoms in total. The van der Waals surface area contributed by atoms with E-state index >= 15 is 0 Å². The molecule has 0 fully saturated rings. The van der Waals surface area contributed by atoms with Crippen molar-refractivity contribution in [2.75, 3.05) is 17.7 Å². The number of fused-ring (bicyclic) bond motifs is 1. The standard InChI is InChI=1S/C21H22N4O2S2/c1-13-22-14(11-28-13)9-19-23-24-20(27-19)29-12-15(26)10-18-21(2,3)16-7-5-6-8-17(16)25(18)4/h5-8,10-11H,9,12H2,1-4H3. The van der Waals surface area contributed by atoms with Gasteiger partial charge in [-0.05, 0) is 18.6 Å². The molecule has 0 radical (unpaired) electrons. The van der Waals surface area contributed by atoms with Crippen LogP contribution in [0.4, 0.5) is 5.69 Å². The summed E-state index contributed by atoms with van der Waals surface area (Å²) in [5.74, 6) is 0.782. The lowest BCUT2D eigenvalue weighted by Crippen LogP contribution is -2.24. The van der Waals surface area contributed by atoms with Gasteiger partial charge in [-0.1, -0.05) is 43.8 Å². The zero-order chi connectivity index (χ0) is 20.6. The third kappa shape index (κ3) is 4.00. The number of rotatable bonds is 6. The van der Waals surface area contributed by atoms with Gasteiger partial charge in [0.15, 0.2) is 5.78 Å². The number of hydrogen-bond donors (Lipinski definition) is 0. The van der Waals surface area contributed by atoms with Gasteiger partial charge in [-0.15, -0.1) is 21.5 Å². The van der Waals surface area contributed by atoms with Crippen molar-refractivity contribution < 1.29 is 9.21 Å². The number of hydrogen-bond acceptors (Lipinski definition) is 8. The lowest BCUT2D eigenvalue weighted by Gasteiger charge is -2.23. The van der Waals surface area contributed by atoms with Crippen molar-refractivity contribution in [2.24, 2.45) is 0 Å². The zero-order valence-corrected chi connectivity index (χ0v) is 18.4. The van der Waals surface area contributed by atoms with Gasteiger partial charge in [0.2, 0.25) is 5.89 Å². The first kappa shape index (κ1) is 19.8. The van der Waals surface area contributed by atoms with E-state index in [4.69, 9.17) is 4.42 Å². The third-order valence-electron chi connectivity index (χ3n) is 5.02. The molecule has 0 unspecified atom stereocenters. The average molecular weight is 427 g/mol. The fraction of sp³-hybridized carbons (Fsp3) is 0.333. The van der Waals surface area contributed by atoms with Crippen molar-refractivity contribution in [1.82, 2.24) is 15.2 Å². The number of carbonyl (C=O) groups is 1. The normalized spacial score (nSPS) is 16.4. The van der Waals surface area contributed by atoms with Gasteiger partial charge in [0.25, 0.3) is 5.22 Å². The first-order valence-electron chi connectivity index (χ1n) is 9.29. The molecule has 1 aliphatic heterocycles. The second-order valence-corrected chi connectivity index (χ2v) is 9.47. The Labute approximate surface area is 178 Å². The summed E-state index contributed by atoms with van der Waals surface area (Å²) in [4.78, 5) is 19.1. The van der Waals surface area contributed by atoms with E-state index < -0.39 is 0 Å². The second kappa shape index (κ2) is 7.76. The number of allylic oxidation sites excluding steroid dienone is 2. The average Bonchev–Trinajstić information content (AvgIpc) is 3.36. The summed E-state index contributed by atoms with van der Waals surface area (Å²) >= 11 is 2.86. The number of anilines is 1. The predicted molar refractivity (Wildman–Crippen MR) is 116 cm³/mol. The number of thioether (sulfide) groups is 1. The van der Waals surface area contributed by atoms with E-state index in [1.54, 1.807) is 17.4 Å². The van der Waals surface area contributed by atoms with Crippen molar-refractivity contribution in [3.63, 3.8) is 0 Å². The van der Waals surface area contributed by atoms with Crippen molar-refractivity contribution in [3.05, 3.63) is 63.6 Å². The van der Waals surface area contributed by atoms with Crippen LogP contribution in [0.25, 0.3) is 0 Å². The van der Waals surface area contributed by atoms with Crippen molar-refractivity contribution in [3.8, 4) is 0 Å². The highest BCUT2D eigenvalue weighted by Gasteiger charge is 2.38. The number of ketones is 1. The number of benzene rings is 1. The van der Waals surface area contributed by atoms with E-state index in [1.165, 1.54) is 17.3 Å². The molecule has 0 aliphatic carbocycles. The molecule has 1 aliphatic rings. The zero-order valence-electron chi connectivity index (χ0n) is 16.8. The summed E-state index contributed by atoms with van der Waals surface area (Å²) in [7, 11) is 2.00. The number of carbonyl (C=O) groups excluding carboxylic acids is 1. The van der Waals surface area contributed by atoms with Gasteiger partial charge in [0.1, 0.15) is 0 Å². The Kier molecular flexibility index (Phi) is 5.31. The molecule has 0 spiro atoms. The second-order valence-electron chi connectivity index (χ2n) is 7.48. The summed E-state index contributed by atoms with van der Waals surface area (Å²) < 4.78 is 5.65. The SMILES string of the molecule is Cc1nc(Cc2nnc(SCC(=O)C=C3N(C)c4ccccc4C3(C)C)o2)cs1. The molecule has 3 heterocycles. The quantitative estimate of drug-likeness (QED) is 0.427. The maximum Gasteiger partial charge on any atom is 0.277 e. The minimum atomic E-state index is -0.213. The van der Waals surface area contributed by atoms with Crippen LogP contribution in [0.1, 0.15) is 36.0 Å². The third-order valence-corrected chi connectivity index (χ3v) is 6.69. The van der Waals surface area contributed by atoms with E-state index in [2.05, 4.69) is 46.1 Å². The molecule has 2 aromatic heterocycles. The molecule has 1 aromatic carbocycles. The Balaban J connectivity index is 1.41. The van der Waals surface area contributed by atoms with E-state index in [0.717, 1.165) is 22.1 Å². The van der Waals surface area contributed by atoms with Gasteiger partial charge in [-0.2, -0.15) is 0 Å². The first-order chi connectivity index (χ1) is 13.8. The Morgan fingerprint density at radius 1 is 1.31 bits per heavy atom. The fourth-order valence-corrected chi connectivity index (χ4v) is 4.81. The Hall–Kier alpha value is -2.45. The van der Waals surface area contributed by atoms with E-state index in [9.17, 15) is 4.79 Å². The maximum atomic E-state index is 12.6. The van der Waals surface area contributed by atoms with Crippen molar-refractivity contribution >= 4 is 34.6 Å². The lowest BCUT2D eigenvalue weighted by molar-refractivity contribution is -0.112. The molecule has 0 N–H and O–H groups in total. The Morgan fingerprint density at radius 3 is 2.83 bits per heavy atom. The van der Waals surface area contributed by atoms with Gasteiger partial charge >= 0.3 is 0 Å². The molecule has 0 atom stereocenters. The largest absolute Gasteiger partial charge is 0.416 e. The molecule has 8 heteroatoms. The fourth-order valence-electron chi connectivity index (χ4n) is 3.60. The van der Waals surface area contributed by atoms with Crippen LogP contribution in [0.3, 0.4) is 0 Å². The van der Waals surface area contributed by atoms with Gasteiger partial charge in [-0.3, -0.25) is 4.79 Å². The number of likely N-dealkylation sites (N-methyl/N-ethyl adjacent to an activating group) is 1. The van der Waals surface area contributed by atoms with Crippen LogP contribution in [0.5, 0.6) is 0 Å². The van der Waals surface area contributed by atoms with Crippen LogP contribution >= 0.6 is 23.1 Å². The smallest absolute Gasteiger partial charge is 0.277 e. The van der Waals surface area contributed by atoms with Crippen LogP contribution in [-0.2, 0) is 16.6 Å². The molecule has 3 aromatic rings. The minimum absolute atomic E-state index is 0.0209. The number of thiazole rings is 1. The monoisotopic (exact) mass is 426 g/mol. The van der Waals surface area contributed by atoms with Gasteiger partial charge in [0, 0.05) is 35.3 Å². The predicted octanol–water partition coefficient (Wildman–Crippen LogP) is 4.40. The number of nitrogens with zero attached hydrogens (tertiary/aromatic N) is 4. The van der Waals surface area contributed by atoms with Crippen molar-refractivity contribution in [2.45, 2.75) is 37.8 Å². The van der Waals surface area contributed by atoms with Crippen LogP contribution in [0, 0.1) is 6.92 Å². The van der Waals surface area contributed by atoms with Crippen molar-refractivity contribution in [1.29, 1.82) is 0 Å². The van der Waals surface area contributed by atoms with E-state index in [0.29, 0.717) is 17.5 Å². The Bertz CT molecular complexity index is 1080. The minimum Gasteiger partial charge on any atom is -0.416 e. The summed E-state index contributed by atoms with van der Waals surface area (Å²) in [5, 5.41) is 11.5. The molecule has 0 saturated carbocycles. The highest BCUT2D eigenvalue weighted by molar-refractivity contribution is 7.99. The van der Waals surface area contributed by atoms with Gasteiger partial charge < -0.3 is 9.32 Å². The highest BCUT2D eigenvalue weighted by Crippen LogP contribution is 2.46. The summed E-state index contributed by atoms with van der Waals surface area (Å²) in [6.45, 7) is 6.25. The van der Waals surface area contributed by atoms with Gasteiger partial charge in [-0.25, -0.2) is 4.98 Å². The van der Waals surface area contributed by atoms with Crippen LogP contribution in [-0.4, -0.2) is 33.8 Å². The molecule has 0 amide bonds. The summed E-state index contributed by atoms with van der Waals surface area (Å²) in [6, 6.07) is 8.26. The highest BCUT2D eigenvalue weighted by atomic mass is 32.2. The molecular formula is C21H22N4O2S2. The number of para-hydroxylation sites is 1. The lowest BCUT2D eigenvalue weighted by atomic mass is 9.83. The van der Waals surface area contributed by atoms with E-state index in [-0.39, 0.29) is 17.0 Å². The number of aryl methyl sites for hydroxylation is 1. The van der Waals surface area contributed by atoms with Gasteiger partial charge in [0.05, 0.1) is 22.9 Å². The Morgan fingerprint density at radius 2 is 2.10 bits per heavy atom. The summed E-state index contributed by atoms with van der Waals surface area (Å²) in [6.07, 6.45) is 2.25. The van der Waals surface area contributed by atoms with Crippen LogP contribution < -0.4 is 4.90 Å². The molecule has 150 valence electrons. The molecule has 4 rings (SSSR count). The molecule has 0 saturated heterocycles. The molecule has 0 bridgehead atoms. The molecular weight excluding hydrogens is 404 g/mol. The van der Waals surface area contributed by atoms with Crippen LogP contribution in [0.2, 0.25) is 0 Å². The maximum absolute atomic E-state index is 12.6. The van der Waals surface area contributed by atoms with E-state index in [1.807, 2.05) is 31.5 Å². The first-order valence-corrected chi connectivity index (χ1v) is 11.2.